The molecule has 82 valence electrons. The van der Waals surface area contributed by atoms with Gasteiger partial charge in [-0.3, -0.25) is 4.79 Å². The summed E-state index contributed by atoms with van der Waals surface area (Å²) in [5.41, 5.74) is 6.27. The molecule has 0 spiro atoms. The maximum Gasteiger partial charge on any atom is 0.224 e. The lowest BCUT2D eigenvalue weighted by atomic mass is 9.98. The lowest BCUT2D eigenvalue weighted by Gasteiger charge is -2.12. The standard InChI is InChI=1S/C11H15FN2O/c1-14-11(15)9(7-13)5-8-3-2-4-10(12)6-8/h2-4,6,9H,5,7,13H2,1H3,(H,14,15). The number of hydrogen-bond acceptors (Lipinski definition) is 2. The van der Waals surface area contributed by atoms with E-state index in [9.17, 15) is 9.18 Å². The Balaban J connectivity index is 2.70. The second kappa shape index (κ2) is 5.46. The Morgan fingerprint density at radius 3 is 2.87 bits per heavy atom. The molecule has 1 aromatic carbocycles. The summed E-state index contributed by atoms with van der Waals surface area (Å²) in [7, 11) is 1.57. The van der Waals surface area contributed by atoms with Crippen molar-refractivity contribution in [1.29, 1.82) is 0 Å². The van der Waals surface area contributed by atoms with Crippen LogP contribution in [0.1, 0.15) is 5.56 Å². The molecule has 0 radical (unpaired) electrons. The largest absolute Gasteiger partial charge is 0.359 e. The molecule has 4 heteroatoms. The molecule has 0 aliphatic rings. The van der Waals surface area contributed by atoms with Crippen LogP contribution in [0.3, 0.4) is 0 Å². The van der Waals surface area contributed by atoms with Crippen LogP contribution in [0.25, 0.3) is 0 Å². The van der Waals surface area contributed by atoms with Crippen molar-refractivity contribution < 1.29 is 9.18 Å². The average molecular weight is 210 g/mol. The second-order valence-electron chi connectivity index (χ2n) is 3.38. The van der Waals surface area contributed by atoms with Gasteiger partial charge in [-0.2, -0.15) is 0 Å². The Kier molecular flexibility index (Phi) is 4.24. The maximum absolute atomic E-state index is 12.9. The molecule has 1 aromatic rings. The van der Waals surface area contributed by atoms with Gasteiger partial charge in [0.05, 0.1) is 5.92 Å². The molecule has 0 aliphatic carbocycles. The Hall–Kier alpha value is -1.42. The van der Waals surface area contributed by atoms with E-state index in [0.717, 1.165) is 5.56 Å². The van der Waals surface area contributed by atoms with Gasteiger partial charge in [-0.1, -0.05) is 12.1 Å². The van der Waals surface area contributed by atoms with E-state index >= 15 is 0 Å². The molecule has 0 heterocycles. The van der Waals surface area contributed by atoms with Crippen LogP contribution in [0, 0.1) is 11.7 Å². The number of nitrogens with two attached hydrogens (primary N) is 1. The Labute approximate surface area is 88.5 Å². The first-order valence-corrected chi connectivity index (χ1v) is 4.83. The maximum atomic E-state index is 12.9. The van der Waals surface area contributed by atoms with E-state index in [1.165, 1.54) is 12.1 Å². The highest BCUT2D eigenvalue weighted by Crippen LogP contribution is 2.09. The van der Waals surface area contributed by atoms with E-state index in [0.29, 0.717) is 6.42 Å². The van der Waals surface area contributed by atoms with Gasteiger partial charge in [0.15, 0.2) is 0 Å². The SMILES string of the molecule is CNC(=O)C(CN)Cc1cccc(F)c1. The minimum atomic E-state index is -0.295. The number of amides is 1. The molecule has 1 rings (SSSR count). The van der Waals surface area contributed by atoms with Crippen molar-refractivity contribution >= 4 is 5.91 Å². The molecular weight excluding hydrogens is 195 g/mol. The van der Waals surface area contributed by atoms with Crippen LogP contribution in [0.4, 0.5) is 4.39 Å². The molecule has 0 aromatic heterocycles. The summed E-state index contributed by atoms with van der Waals surface area (Å²) < 4.78 is 12.9. The van der Waals surface area contributed by atoms with Gasteiger partial charge in [0.25, 0.3) is 0 Å². The summed E-state index contributed by atoms with van der Waals surface area (Å²) in [4.78, 5) is 11.3. The highest BCUT2D eigenvalue weighted by molar-refractivity contribution is 5.78. The van der Waals surface area contributed by atoms with Crippen LogP contribution in [-0.2, 0) is 11.2 Å². The van der Waals surface area contributed by atoms with E-state index in [4.69, 9.17) is 5.73 Å². The van der Waals surface area contributed by atoms with Crippen molar-refractivity contribution in [2.24, 2.45) is 11.7 Å². The number of carbonyl (C=O) groups excluding carboxylic acids is 1. The van der Waals surface area contributed by atoms with Crippen molar-refractivity contribution in [2.45, 2.75) is 6.42 Å². The summed E-state index contributed by atoms with van der Waals surface area (Å²) in [5, 5.41) is 2.54. The van der Waals surface area contributed by atoms with E-state index < -0.39 is 0 Å². The Bertz CT molecular complexity index is 341. The summed E-state index contributed by atoms with van der Waals surface area (Å²) >= 11 is 0. The van der Waals surface area contributed by atoms with Gasteiger partial charge in [-0.25, -0.2) is 4.39 Å². The number of nitrogens with one attached hydrogen (secondary N) is 1. The van der Waals surface area contributed by atoms with Crippen molar-refractivity contribution in [2.75, 3.05) is 13.6 Å². The van der Waals surface area contributed by atoms with Gasteiger partial charge in [0.2, 0.25) is 5.91 Å². The van der Waals surface area contributed by atoms with Gasteiger partial charge in [-0.05, 0) is 24.1 Å². The first-order valence-electron chi connectivity index (χ1n) is 4.83. The van der Waals surface area contributed by atoms with Gasteiger partial charge in [0.1, 0.15) is 5.82 Å². The van der Waals surface area contributed by atoms with Crippen LogP contribution in [0.5, 0.6) is 0 Å². The van der Waals surface area contributed by atoms with Crippen molar-refractivity contribution in [3.05, 3.63) is 35.6 Å². The molecule has 0 saturated heterocycles. The number of halogens is 1. The fourth-order valence-corrected chi connectivity index (χ4v) is 1.44. The van der Waals surface area contributed by atoms with Gasteiger partial charge < -0.3 is 11.1 Å². The predicted octanol–water partition coefficient (Wildman–Crippen LogP) is 0.689. The third-order valence-corrected chi connectivity index (χ3v) is 2.27. The second-order valence-corrected chi connectivity index (χ2v) is 3.38. The fourth-order valence-electron chi connectivity index (χ4n) is 1.44. The zero-order valence-corrected chi connectivity index (χ0v) is 8.66. The molecule has 1 unspecified atom stereocenters. The third-order valence-electron chi connectivity index (χ3n) is 2.27. The molecule has 0 fully saturated rings. The lowest BCUT2D eigenvalue weighted by molar-refractivity contribution is -0.124. The normalized spacial score (nSPS) is 12.2. The number of benzene rings is 1. The van der Waals surface area contributed by atoms with E-state index in [1.807, 2.05) is 0 Å². The van der Waals surface area contributed by atoms with Crippen LogP contribution in [0.15, 0.2) is 24.3 Å². The minimum absolute atomic E-state index is 0.109. The zero-order chi connectivity index (χ0) is 11.3. The monoisotopic (exact) mass is 210 g/mol. The first kappa shape index (κ1) is 11.7. The van der Waals surface area contributed by atoms with Crippen LogP contribution in [0.2, 0.25) is 0 Å². The summed E-state index contributed by atoms with van der Waals surface area (Å²) in [6.07, 6.45) is 0.466. The van der Waals surface area contributed by atoms with E-state index in [-0.39, 0.29) is 24.2 Å². The molecule has 0 saturated carbocycles. The van der Waals surface area contributed by atoms with Gasteiger partial charge in [0, 0.05) is 13.6 Å². The topological polar surface area (TPSA) is 55.1 Å². The quantitative estimate of drug-likeness (QED) is 0.768. The summed E-state index contributed by atoms with van der Waals surface area (Å²) in [6.45, 7) is 0.260. The van der Waals surface area contributed by atoms with Crippen molar-refractivity contribution in [3.8, 4) is 0 Å². The van der Waals surface area contributed by atoms with Crippen LogP contribution in [-0.4, -0.2) is 19.5 Å². The number of carbonyl (C=O) groups is 1. The Morgan fingerprint density at radius 1 is 1.60 bits per heavy atom. The third kappa shape index (κ3) is 3.32. The predicted molar refractivity (Wildman–Crippen MR) is 56.7 cm³/mol. The lowest BCUT2D eigenvalue weighted by Crippen LogP contribution is -2.34. The average Bonchev–Trinajstić information content (AvgIpc) is 2.25. The minimum Gasteiger partial charge on any atom is -0.359 e. The van der Waals surface area contributed by atoms with Crippen molar-refractivity contribution in [1.82, 2.24) is 5.32 Å². The highest BCUT2D eigenvalue weighted by Gasteiger charge is 2.15. The molecule has 0 bridgehead atoms. The van der Waals surface area contributed by atoms with Crippen LogP contribution < -0.4 is 11.1 Å². The smallest absolute Gasteiger partial charge is 0.224 e. The van der Waals surface area contributed by atoms with Crippen molar-refractivity contribution in [3.63, 3.8) is 0 Å². The molecule has 15 heavy (non-hydrogen) atoms. The van der Waals surface area contributed by atoms with E-state index in [2.05, 4.69) is 5.32 Å². The molecular formula is C11H15FN2O. The summed E-state index contributed by atoms with van der Waals surface area (Å²) in [6, 6.07) is 6.21. The van der Waals surface area contributed by atoms with E-state index in [1.54, 1.807) is 19.2 Å². The number of rotatable bonds is 4. The van der Waals surface area contributed by atoms with Gasteiger partial charge >= 0.3 is 0 Å². The number of hydrogen-bond donors (Lipinski definition) is 2. The fraction of sp³-hybridized carbons (Fsp3) is 0.364. The summed E-state index contributed by atoms with van der Waals surface area (Å²) in [5.74, 6) is -0.696. The zero-order valence-electron chi connectivity index (χ0n) is 8.66. The van der Waals surface area contributed by atoms with Crippen LogP contribution >= 0.6 is 0 Å². The van der Waals surface area contributed by atoms with Gasteiger partial charge in [-0.15, -0.1) is 0 Å². The highest BCUT2D eigenvalue weighted by atomic mass is 19.1. The molecule has 3 N–H and O–H groups in total. The molecule has 1 amide bonds. The molecule has 1 atom stereocenters. The first-order chi connectivity index (χ1) is 7.17. The Morgan fingerprint density at radius 2 is 2.33 bits per heavy atom. The molecule has 3 nitrogen and oxygen atoms in total. The molecule has 0 aliphatic heterocycles.